The molecular formula is C23H20FNO5. The molecule has 6 nitrogen and oxygen atoms in total. The molecule has 1 aliphatic rings. The van der Waals surface area contributed by atoms with Crippen LogP contribution in [-0.2, 0) is 11.3 Å². The summed E-state index contributed by atoms with van der Waals surface area (Å²) in [4.78, 5) is 24.7. The average Bonchev–Trinajstić information content (AvgIpc) is 3.31. The number of halogens is 1. The highest BCUT2D eigenvalue weighted by atomic mass is 19.1. The van der Waals surface area contributed by atoms with Crippen LogP contribution >= 0.6 is 0 Å². The van der Waals surface area contributed by atoms with E-state index in [-0.39, 0.29) is 18.1 Å². The largest absolute Gasteiger partial charge is 0.454 e. The summed E-state index contributed by atoms with van der Waals surface area (Å²) in [6, 6.07) is 12.7. The third-order valence-electron chi connectivity index (χ3n) is 5.05. The third kappa shape index (κ3) is 3.91. The molecule has 0 aliphatic carbocycles. The highest BCUT2D eigenvalue weighted by Crippen LogP contribution is 2.33. The molecule has 3 aromatic rings. The van der Waals surface area contributed by atoms with Crippen LogP contribution in [0.25, 0.3) is 0 Å². The Hall–Kier alpha value is -3.61. The van der Waals surface area contributed by atoms with Crippen molar-refractivity contribution in [3.8, 4) is 11.5 Å². The number of aromatic nitrogens is 1. The van der Waals surface area contributed by atoms with E-state index in [1.807, 2.05) is 36.6 Å². The number of ether oxygens (including phenoxy) is 3. The van der Waals surface area contributed by atoms with Gasteiger partial charge in [-0.2, -0.15) is 0 Å². The fourth-order valence-electron chi connectivity index (χ4n) is 3.46. The second-order valence-corrected chi connectivity index (χ2v) is 7.07. The highest BCUT2D eigenvalue weighted by Gasteiger charge is 2.19. The molecule has 0 atom stereocenters. The zero-order chi connectivity index (χ0) is 21.3. The number of aryl methyl sites for hydroxylation is 1. The Labute approximate surface area is 172 Å². The molecule has 1 aromatic heterocycles. The van der Waals surface area contributed by atoms with Crippen molar-refractivity contribution < 1.29 is 28.2 Å². The zero-order valence-corrected chi connectivity index (χ0v) is 16.6. The second kappa shape index (κ2) is 8.02. The molecule has 0 radical (unpaired) electrons. The molecule has 0 saturated heterocycles. The number of ketones is 1. The van der Waals surface area contributed by atoms with Crippen LogP contribution < -0.4 is 9.47 Å². The van der Waals surface area contributed by atoms with Crippen LogP contribution in [0.1, 0.15) is 37.7 Å². The highest BCUT2D eigenvalue weighted by molar-refractivity contribution is 6.00. The first-order valence-corrected chi connectivity index (χ1v) is 9.43. The molecule has 30 heavy (non-hydrogen) atoms. The Morgan fingerprint density at radius 3 is 2.67 bits per heavy atom. The lowest BCUT2D eigenvalue weighted by Crippen LogP contribution is -2.15. The summed E-state index contributed by atoms with van der Waals surface area (Å²) in [5.41, 5.74) is 3.25. The molecular weight excluding hydrogens is 389 g/mol. The van der Waals surface area contributed by atoms with Gasteiger partial charge in [0.15, 0.2) is 18.1 Å². The first kappa shape index (κ1) is 19.7. The Kier molecular flexibility index (Phi) is 5.27. The van der Waals surface area contributed by atoms with Gasteiger partial charge in [-0.1, -0.05) is 12.1 Å². The topological polar surface area (TPSA) is 66.8 Å². The summed E-state index contributed by atoms with van der Waals surface area (Å²) in [7, 11) is 0. The first-order valence-electron chi connectivity index (χ1n) is 9.43. The van der Waals surface area contributed by atoms with Gasteiger partial charge in [0, 0.05) is 23.5 Å². The molecule has 0 saturated carbocycles. The van der Waals surface area contributed by atoms with Gasteiger partial charge in [0.1, 0.15) is 5.82 Å². The van der Waals surface area contributed by atoms with Crippen LogP contribution in [0.15, 0.2) is 48.5 Å². The van der Waals surface area contributed by atoms with E-state index in [9.17, 15) is 14.0 Å². The van der Waals surface area contributed by atoms with Crippen molar-refractivity contribution in [1.82, 2.24) is 4.57 Å². The summed E-state index contributed by atoms with van der Waals surface area (Å²) in [6.07, 6.45) is 0. The van der Waals surface area contributed by atoms with Gasteiger partial charge in [-0.3, -0.25) is 4.79 Å². The van der Waals surface area contributed by atoms with Crippen LogP contribution in [0.4, 0.5) is 4.39 Å². The molecule has 4 rings (SSSR count). The van der Waals surface area contributed by atoms with E-state index in [0.29, 0.717) is 17.9 Å². The van der Waals surface area contributed by atoms with Crippen LogP contribution in [0.2, 0.25) is 0 Å². The maximum atomic E-state index is 13.3. The molecule has 0 unspecified atom stereocenters. The van der Waals surface area contributed by atoms with E-state index in [2.05, 4.69) is 0 Å². The Morgan fingerprint density at radius 2 is 1.87 bits per heavy atom. The lowest BCUT2D eigenvalue weighted by Gasteiger charge is -2.11. The Balaban J connectivity index is 1.46. The van der Waals surface area contributed by atoms with Crippen molar-refractivity contribution >= 4 is 11.8 Å². The molecule has 0 amide bonds. The van der Waals surface area contributed by atoms with Crippen molar-refractivity contribution in [3.05, 3.63) is 82.4 Å². The van der Waals surface area contributed by atoms with Crippen molar-refractivity contribution in [3.63, 3.8) is 0 Å². The number of Topliss-reactive ketones (excluding diaryl/α,β-unsaturated/α-hetero) is 1. The molecule has 2 heterocycles. The molecule has 1 aliphatic heterocycles. The van der Waals surface area contributed by atoms with Crippen molar-refractivity contribution in [2.24, 2.45) is 0 Å². The summed E-state index contributed by atoms with van der Waals surface area (Å²) in [5.74, 6) is -0.171. The summed E-state index contributed by atoms with van der Waals surface area (Å²) in [5, 5.41) is 0. The summed E-state index contributed by atoms with van der Waals surface area (Å²) in [6.45, 7) is 4.12. The lowest BCUT2D eigenvalue weighted by molar-refractivity contribution is 0.0474. The van der Waals surface area contributed by atoms with E-state index >= 15 is 0 Å². The molecule has 7 heteroatoms. The predicted octanol–water partition coefficient (Wildman–Crippen LogP) is 4.06. The monoisotopic (exact) mass is 409 g/mol. The number of hydrogen-bond donors (Lipinski definition) is 0. The number of benzene rings is 2. The lowest BCUT2D eigenvalue weighted by atomic mass is 10.1. The first-order chi connectivity index (χ1) is 14.4. The molecule has 0 bridgehead atoms. The number of hydrogen-bond acceptors (Lipinski definition) is 5. The van der Waals surface area contributed by atoms with Crippen LogP contribution in [-0.4, -0.2) is 29.7 Å². The van der Waals surface area contributed by atoms with Gasteiger partial charge in [0.05, 0.1) is 5.56 Å². The number of carbonyl (C=O) groups is 2. The maximum absolute atomic E-state index is 13.3. The number of carbonyl (C=O) groups excluding carboxylic acids is 2. The standard InChI is InChI=1S/C23H20FNO5/c1-14-8-19(20(26)12-28-23(27)17-4-3-5-18(24)10-17)15(2)25(14)11-16-6-7-21-22(9-16)30-13-29-21/h3-10H,11-13H2,1-2H3. The van der Waals surface area contributed by atoms with E-state index < -0.39 is 18.4 Å². The average molecular weight is 409 g/mol. The molecule has 154 valence electrons. The van der Waals surface area contributed by atoms with Crippen LogP contribution in [0, 0.1) is 19.7 Å². The van der Waals surface area contributed by atoms with E-state index in [0.717, 1.165) is 28.8 Å². The van der Waals surface area contributed by atoms with Gasteiger partial charge < -0.3 is 18.8 Å². The van der Waals surface area contributed by atoms with E-state index in [1.54, 1.807) is 6.07 Å². The molecule has 0 N–H and O–H groups in total. The fourth-order valence-corrected chi connectivity index (χ4v) is 3.46. The number of rotatable bonds is 6. The predicted molar refractivity (Wildman–Crippen MR) is 107 cm³/mol. The Morgan fingerprint density at radius 1 is 1.07 bits per heavy atom. The minimum absolute atomic E-state index is 0.0658. The molecule has 2 aromatic carbocycles. The maximum Gasteiger partial charge on any atom is 0.338 e. The molecule has 0 spiro atoms. The minimum Gasteiger partial charge on any atom is -0.454 e. The van der Waals surface area contributed by atoms with Gasteiger partial charge >= 0.3 is 5.97 Å². The Bertz CT molecular complexity index is 1130. The normalized spacial score (nSPS) is 12.1. The summed E-state index contributed by atoms with van der Waals surface area (Å²) >= 11 is 0. The van der Waals surface area contributed by atoms with Crippen molar-refractivity contribution in [2.45, 2.75) is 20.4 Å². The minimum atomic E-state index is -0.739. The van der Waals surface area contributed by atoms with Crippen molar-refractivity contribution in [2.75, 3.05) is 13.4 Å². The van der Waals surface area contributed by atoms with Gasteiger partial charge in [-0.25, -0.2) is 9.18 Å². The van der Waals surface area contributed by atoms with E-state index in [4.69, 9.17) is 14.2 Å². The van der Waals surface area contributed by atoms with Crippen molar-refractivity contribution in [1.29, 1.82) is 0 Å². The zero-order valence-electron chi connectivity index (χ0n) is 16.6. The number of esters is 1. The summed E-state index contributed by atoms with van der Waals surface area (Å²) < 4.78 is 31.1. The van der Waals surface area contributed by atoms with Gasteiger partial charge in [-0.05, 0) is 55.8 Å². The molecule has 0 fully saturated rings. The fraction of sp³-hybridized carbons (Fsp3) is 0.217. The van der Waals surface area contributed by atoms with Crippen LogP contribution in [0.5, 0.6) is 11.5 Å². The van der Waals surface area contributed by atoms with Gasteiger partial charge in [-0.15, -0.1) is 0 Å². The van der Waals surface area contributed by atoms with E-state index in [1.165, 1.54) is 18.2 Å². The smallest absolute Gasteiger partial charge is 0.338 e. The second-order valence-electron chi connectivity index (χ2n) is 7.07. The van der Waals surface area contributed by atoms with Gasteiger partial charge in [0.2, 0.25) is 12.6 Å². The number of nitrogens with zero attached hydrogens (tertiary/aromatic N) is 1. The van der Waals surface area contributed by atoms with Gasteiger partial charge in [0.25, 0.3) is 0 Å². The van der Waals surface area contributed by atoms with Crippen LogP contribution in [0.3, 0.4) is 0 Å². The SMILES string of the molecule is Cc1cc(C(=O)COC(=O)c2cccc(F)c2)c(C)n1Cc1ccc2c(c1)OCO2. The third-order valence-corrected chi connectivity index (χ3v) is 5.05. The quantitative estimate of drug-likeness (QED) is 0.454. The number of fused-ring (bicyclic) bond motifs is 1.